The van der Waals surface area contributed by atoms with E-state index in [0.29, 0.717) is 28.9 Å². The highest BCUT2D eigenvalue weighted by molar-refractivity contribution is 9.10. The van der Waals surface area contributed by atoms with Gasteiger partial charge in [-0.25, -0.2) is 10.1 Å². The van der Waals surface area contributed by atoms with Crippen molar-refractivity contribution in [3.8, 4) is 11.5 Å². The molecule has 1 amide bonds. The summed E-state index contributed by atoms with van der Waals surface area (Å²) in [6.45, 7) is 0.417. The molecule has 4 rings (SSSR count). The number of hydrogen-bond acceptors (Lipinski definition) is 9. The maximum absolute atomic E-state index is 12.4. The molecule has 0 aliphatic carbocycles. The molecule has 0 aliphatic rings. The Morgan fingerprint density at radius 3 is 2.70 bits per heavy atom. The van der Waals surface area contributed by atoms with E-state index < -0.39 is 0 Å². The highest BCUT2D eigenvalue weighted by Gasteiger charge is 2.13. The number of aromatic nitrogens is 3. The van der Waals surface area contributed by atoms with Crippen molar-refractivity contribution in [2.45, 2.75) is 11.8 Å². The number of nitrogens with two attached hydrogens (primary N) is 1. The van der Waals surface area contributed by atoms with Gasteiger partial charge in [-0.05, 0) is 42.0 Å². The molecular weight excluding hydrogens is 558 g/mol. The number of thioether (sulfide) groups is 1. The molecule has 10 nitrogen and oxygen atoms in total. The molecule has 0 atom stereocenters. The third-order valence-corrected chi connectivity index (χ3v) is 6.38. The number of rotatable bonds is 11. The van der Waals surface area contributed by atoms with Gasteiger partial charge in [0.05, 0.1) is 24.8 Å². The van der Waals surface area contributed by atoms with E-state index in [9.17, 15) is 4.79 Å². The number of carbonyl (C=O) groups is 1. The molecule has 0 saturated heterocycles. The summed E-state index contributed by atoms with van der Waals surface area (Å²) >= 11 is 4.61. The molecule has 0 bridgehead atoms. The van der Waals surface area contributed by atoms with Crippen LogP contribution in [0.5, 0.6) is 11.5 Å². The third kappa shape index (κ3) is 7.24. The number of amides is 1. The number of methoxy groups -OCH3 is 1. The molecule has 0 fully saturated rings. The first kappa shape index (κ1) is 26.0. The van der Waals surface area contributed by atoms with Crippen molar-refractivity contribution in [3.63, 3.8) is 0 Å². The minimum atomic E-state index is -0.232. The lowest BCUT2D eigenvalue weighted by atomic mass is 10.2. The van der Waals surface area contributed by atoms with E-state index in [1.807, 2.05) is 60.7 Å². The number of nitrogens with zero attached hydrogens (tertiary/aromatic N) is 4. The lowest BCUT2D eigenvalue weighted by molar-refractivity contribution is -0.113. The molecule has 4 aromatic rings. The minimum Gasteiger partial charge on any atom is -0.495 e. The Labute approximate surface area is 226 Å². The molecule has 37 heavy (non-hydrogen) atoms. The van der Waals surface area contributed by atoms with Crippen molar-refractivity contribution in [1.82, 2.24) is 14.9 Å². The number of nitrogens with one attached hydrogen (secondary N) is 2. The number of hydrazone groups is 1. The van der Waals surface area contributed by atoms with E-state index in [1.54, 1.807) is 25.5 Å². The predicted octanol–water partition coefficient (Wildman–Crippen LogP) is 4.52. The van der Waals surface area contributed by atoms with Crippen LogP contribution in [-0.2, 0) is 11.4 Å². The lowest BCUT2D eigenvalue weighted by Gasteiger charge is -2.09. The number of ether oxygens (including phenoxy) is 2. The number of benzene rings is 3. The van der Waals surface area contributed by atoms with Crippen LogP contribution in [0.1, 0.15) is 11.1 Å². The summed E-state index contributed by atoms with van der Waals surface area (Å²) in [5, 5.41) is 15.4. The largest absolute Gasteiger partial charge is 0.495 e. The zero-order chi connectivity index (χ0) is 26.0. The molecule has 1 aromatic heterocycles. The van der Waals surface area contributed by atoms with Crippen LogP contribution >= 0.6 is 27.7 Å². The molecule has 12 heteroatoms. The SMILES string of the molecule is COc1ccccc1NC(=O)CSc1nnc(N/N=C/c2ccccc2OCc2cccc(Br)c2)n1N. The first-order chi connectivity index (χ1) is 18.0. The summed E-state index contributed by atoms with van der Waals surface area (Å²) in [4.78, 5) is 12.4. The van der Waals surface area contributed by atoms with E-state index in [0.717, 1.165) is 27.4 Å². The van der Waals surface area contributed by atoms with Crippen LogP contribution in [0.15, 0.2) is 87.5 Å². The van der Waals surface area contributed by atoms with Gasteiger partial charge in [0.2, 0.25) is 11.1 Å². The summed E-state index contributed by atoms with van der Waals surface area (Å²) in [5.74, 6) is 7.40. The standard InChI is InChI=1S/C25H24BrN7O3S/c1-35-22-12-5-3-10-20(22)29-23(34)16-37-25-32-31-24(33(25)27)30-28-14-18-8-2-4-11-21(18)36-15-17-7-6-9-19(26)13-17/h2-14H,15-16,27H2,1H3,(H,29,34)(H,30,31)/b28-14+. The zero-order valence-electron chi connectivity index (χ0n) is 19.8. The average Bonchev–Trinajstić information content (AvgIpc) is 3.26. The molecule has 0 saturated carbocycles. The maximum atomic E-state index is 12.4. The van der Waals surface area contributed by atoms with Gasteiger partial charge in [0.15, 0.2) is 0 Å². The Kier molecular flexibility index (Phi) is 9.00. The van der Waals surface area contributed by atoms with E-state index in [-0.39, 0.29) is 17.6 Å². The van der Waals surface area contributed by atoms with Gasteiger partial charge in [-0.15, -0.1) is 10.2 Å². The van der Waals surface area contributed by atoms with Gasteiger partial charge in [-0.3, -0.25) is 4.79 Å². The van der Waals surface area contributed by atoms with E-state index >= 15 is 0 Å². The van der Waals surface area contributed by atoms with Gasteiger partial charge in [-0.2, -0.15) is 5.10 Å². The Hall–Kier alpha value is -4.03. The van der Waals surface area contributed by atoms with Crippen molar-refractivity contribution in [2.75, 3.05) is 29.4 Å². The quantitative estimate of drug-likeness (QED) is 0.102. The molecule has 0 radical (unpaired) electrons. The van der Waals surface area contributed by atoms with Crippen molar-refractivity contribution in [3.05, 3.63) is 88.4 Å². The number of hydrogen-bond donors (Lipinski definition) is 3. The number of anilines is 2. The van der Waals surface area contributed by atoms with Crippen LogP contribution in [0.2, 0.25) is 0 Å². The number of para-hydroxylation sites is 3. The summed E-state index contributed by atoms with van der Waals surface area (Å²) < 4.78 is 13.4. The van der Waals surface area contributed by atoms with Crippen LogP contribution in [0.4, 0.5) is 11.6 Å². The third-order valence-electron chi connectivity index (χ3n) is 4.95. The smallest absolute Gasteiger partial charge is 0.264 e. The van der Waals surface area contributed by atoms with Crippen molar-refractivity contribution < 1.29 is 14.3 Å². The van der Waals surface area contributed by atoms with Crippen LogP contribution in [0.25, 0.3) is 0 Å². The Morgan fingerprint density at radius 2 is 1.89 bits per heavy atom. The lowest BCUT2D eigenvalue weighted by Crippen LogP contribution is -2.17. The van der Waals surface area contributed by atoms with Gasteiger partial charge in [0.1, 0.15) is 18.1 Å². The average molecular weight is 582 g/mol. The van der Waals surface area contributed by atoms with Crippen LogP contribution in [0.3, 0.4) is 0 Å². The fourth-order valence-corrected chi connectivity index (χ4v) is 4.29. The minimum absolute atomic E-state index is 0.0827. The second kappa shape index (κ2) is 12.8. The fraction of sp³-hybridized carbons (Fsp3) is 0.120. The van der Waals surface area contributed by atoms with Crippen LogP contribution < -0.4 is 26.1 Å². The molecule has 3 aromatic carbocycles. The molecule has 0 spiro atoms. The monoisotopic (exact) mass is 581 g/mol. The summed E-state index contributed by atoms with van der Waals surface area (Å²) in [7, 11) is 1.54. The van der Waals surface area contributed by atoms with Crippen LogP contribution in [-0.4, -0.2) is 39.9 Å². The fourth-order valence-electron chi connectivity index (χ4n) is 3.18. The number of nitrogen functional groups attached to an aromatic ring is 1. The number of halogens is 1. The second-order valence-electron chi connectivity index (χ2n) is 7.54. The van der Waals surface area contributed by atoms with Crippen molar-refractivity contribution in [2.24, 2.45) is 5.10 Å². The zero-order valence-corrected chi connectivity index (χ0v) is 22.2. The highest BCUT2D eigenvalue weighted by atomic mass is 79.9. The molecule has 1 heterocycles. The predicted molar refractivity (Wildman–Crippen MR) is 149 cm³/mol. The normalized spacial score (nSPS) is 10.9. The van der Waals surface area contributed by atoms with E-state index in [1.165, 1.54) is 4.68 Å². The summed E-state index contributed by atoms with van der Waals surface area (Å²) in [6, 6.07) is 22.6. The summed E-state index contributed by atoms with van der Waals surface area (Å²) in [6.07, 6.45) is 1.61. The molecular formula is C25H24BrN7O3S. The van der Waals surface area contributed by atoms with Crippen LogP contribution in [0, 0.1) is 0 Å². The highest BCUT2D eigenvalue weighted by Crippen LogP contribution is 2.24. The Bertz CT molecular complexity index is 1400. The second-order valence-corrected chi connectivity index (χ2v) is 9.40. The Morgan fingerprint density at radius 1 is 1.11 bits per heavy atom. The van der Waals surface area contributed by atoms with Gasteiger partial charge < -0.3 is 20.6 Å². The first-order valence-corrected chi connectivity index (χ1v) is 12.8. The maximum Gasteiger partial charge on any atom is 0.264 e. The van der Waals surface area contributed by atoms with Gasteiger partial charge >= 0.3 is 0 Å². The van der Waals surface area contributed by atoms with Crippen molar-refractivity contribution in [1.29, 1.82) is 0 Å². The Balaban J connectivity index is 1.32. The number of carbonyl (C=O) groups excluding carboxylic acids is 1. The van der Waals surface area contributed by atoms with Gasteiger partial charge in [0.25, 0.3) is 5.95 Å². The first-order valence-electron chi connectivity index (χ1n) is 11.0. The molecule has 0 aliphatic heterocycles. The topological polar surface area (TPSA) is 129 Å². The molecule has 4 N–H and O–H groups in total. The summed E-state index contributed by atoms with van der Waals surface area (Å²) in [5.41, 5.74) is 5.17. The van der Waals surface area contributed by atoms with Gasteiger partial charge in [-0.1, -0.05) is 64.1 Å². The van der Waals surface area contributed by atoms with Gasteiger partial charge in [0, 0.05) is 10.0 Å². The van der Waals surface area contributed by atoms with Crippen molar-refractivity contribution >= 4 is 51.4 Å². The van der Waals surface area contributed by atoms with E-state index in [2.05, 4.69) is 42.0 Å². The molecule has 0 unspecified atom stereocenters. The van der Waals surface area contributed by atoms with E-state index in [4.69, 9.17) is 15.3 Å². The molecule has 190 valence electrons.